The lowest BCUT2D eigenvalue weighted by Gasteiger charge is -2.47. The molecule has 1 saturated heterocycles. The van der Waals surface area contributed by atoms with Crippen molar-refractivity contribution in [3.05, 3.63) is 0 Å². The van der Waals surface area contributed by atoms with Gasteiger partial charge in [-0.2, -0.15) is 0 Å². The van der Waals surface area contributed by atoms with E-state index in [4.69, 9.17) is 14.2 Å². The van der Waals surface area contributed by atoms with Crippen LogP contribution in [0.2, 0.25) is 0 Å². The van der Waals surface area contributed by atoms with Crippen molar-refractivity contribution in [2.75, 3.05) is 19.8 Å². The Hall–Kier alpha value is -0.610. The van der Waals surface area contributed by atoms with Crippen LogP contribution in [-0.2, 0) is 19.0 Å². The van der Waals surface area contributed by atoms with Crippen LogP contribution in [0, 0.1) is 5.41 Å². The van der Waals surface area contributed by atoms with Gasteiger partial charge in [0, 0.05) is 13.3 Å². The molecule has 1 unspecified atom stereocenters. The maximum absolute atomic E-state index is 10.9. The van der Waals surface area contributed by atoms with Gasteiger partial charge in [0.15, 0.2) is 5.79 Å². The topological polar surface area (TPSA) is 44.8 Å². The van der Waals surface area contributed by atoms with Crippen LogP contribution in [0.3, 0.4) is 0 Å². The van der Waals surface area contributed by atoms with E-state index in [1.807, 2.05) is 0 Å². The molecular weight excluding hydrogens is 208 g/mol. The maximum atomic E-state index is 10.9. The van der Waals surface area contributed by atoms with Gasteiger partial charge in [-0.15, -0.1) is 0 Å². The van der Waals surface area contributed by atoms with Gasteiger partial charge in [-0.25, -0.2) is 0 Å². The fourth-order valence-electron chi connectivity index (χ4n) is 2.76. The molecule has 2 aliphatic rings. The van der Waals surface area contributed by atoms with Crippen molar-refractivity contribution >= 4 is 5.97 Å². The molecule has 2 rings (SSSR count). The van der Waals surface area contributed by atoms with Crippen molar-refractivity contribution in [3.63, 3.8) is 0 Å². The predicted octanol–water partition coefficient (Wildman–Crippen LogP) is 1.87. The molecule has 1 heterocycles. The summed E-state index contributed by atoms with van der Waals surface area (Å²) in [5.41, 5.74) is -0.201. The van der Waals surface area contributed by atoms with Crippen molar-refractivity contribution in [1.29, 1.82) is 0 Å². The number of carbonyl (C=O) groups is 1. The predicted molar refractivity (Wildman–Crippen MR) is 57.8 cm³/mol. The number of rotatable bonds is 2. The molecule has 1 saturated carbocycles. The first-order valence-electron chi connectivity index (χ1n) is 5.99. The molecule has 16 heavy (non-hydrogen) atoms. The maximum Gasteiger partial charge on any atom is 0.302 e. The molecule has 1 aliphatic heterocycles. The summed E-state index contributed by atoms with van der Waals surface area (Å²) in [6, 6.07) is 0. The molecule has 0 amide bonds. The van der Waals surface area contributed by atoms with E-state index in [9.17, 15) is 4.79 Å². The van der Waals surface area contributed by atoms with Crippen LogP contribution >= 0.6 is 0 Å². The van der Waals surface area contributed by atoms with E-state index in [1.54, 1.807) is 0 Å². The van der Waals surface area contributed by atoms with Crippen molar-refractivity contribution < 1.29 is 19.0 Å². The molecule has 2 fully saturated rings. The summed E-state index contributed by atoms with van der Waals surface area (Å²) in [6.07, 6.45) is 4.16. The Morgan fingerprint density at radius 1 is 1.25 bits per heavy atom. The summed E-state index contributed by atoms with van der Waals surface area (Å²) in [7, 11) is 0. The highest BCUT2D eigenvalue weighted by molar-refractivity contribution is 5.65. The SMILES string of the molecule is CC(=O)OCC1(C)CCCCC12OCCO2. The Kier molecular flexibility index (Phi) is 3.22. The molecule has 4 nitrogen and oxygen atoms in total. The average molecular weight is 228 g/mol. The molecule has 0 aromatic rings. The first-order valence-corrected chi connectivity index (χ1v) is 5.99. The summed E-state index contributed by atoms with van der Waals surface area (Å²) in [5, 5.41) is 0. The molecule has 0 bridgehead atoms. The highest BCUT2D eigenvalue weighted by Crippen LogP contribution is 2.49. The molecule has 1 aliphatic carbocycles. The molecule has 0 radical (unpaired) electrons. The van der Waals surface area contributed by atoms with E-state index in [0.717, 1.165) is 25.7 Å². The fourth-order valence-corrected chi connectivity index (χ4v) is 2.76. The van der Waals surface area contributed by atoms with E-state index < -0.39 is 5.79 Å². The quantitative estimate of drug-likeness (QED) is 0.677. The highest BCUT2D eigenvalue weighted by atomic mass is 16.7. The third kappa shape index (κ3) is 1.96. The Morgan fingerprint density at radius 2 is 1.88 bits per heavy atom. The molecule has 4 heteroatoms. The molecule has 1 atom stereocenters. The van der Waals surface area contributed by atoms with E-state index in [1.165, 1.54) is 6.92 Å². The number of hydrogen-bond donors (Lipinski definition) is 0. The number of ether oxygens (including phenoxy) is 3. The van der Waals surface area contributed by atoms with Crippen LogP contribution in [0.25, 0.3) is 0 Å². The van der Waals surface area contributed by atoms with Crippen LogP contribution < -0.4 is 0 Å². The minimum atomic E-state index is -0.513. The summed E-state index contributed by atoms with van der Waals surface area (Å²) in [5.74, 6) is -0.749. The van der Waals surface area contributed by atoms with Crippen molar-refractivity contribution in [1.82, 2.24) is 0 Å². The van der Waals surface area contributed by atoms with E-state index >= 15 is 0 Å². The zero-order chi connectivity index (χ0) is 11.6. The van der Waals surface area contributed by atoms with Crippen LogP contribution in [0.4, 0.5) is 0 Å². The first-order chi connectivity index (χ1) is 7.58. The Morgan fingerprint density at radius 3 is 2.50 bits per heavy atom. The zero-order valence-electron chi connectivity index (χ0n) is 10.1. The molecular formula is C12H20O4. The van der Waals surface area contributed by atoms with Gasteiger partial charge in [0.1, 0.15) is 6.61 Å². The Labute approximate surface area is 96.2 Å². The lowest BCUT2D eigenvalue weighted by molar-refractivity contribution is -0.261. The summed E-state index contributed by atoms with van der Waals surface area (Å²) in [6.45, 7) is 5.23. The molecule has 0 aromatic heterocycles. The molecule has 0 aromatic carbocycles. The number of hydrogen-bond acceptors (Lipinski definition) is 4. The van der Waals surface area contributed by atoms with Crippen molar-refractivity contribution in [2.45, 2.75) is 45.3 Å². The Balaban J connectivity index is 2.10. The van der Waals surface area contributed by atoms with Gasteiger partial charge in [0.05, 0.1) is 18.6 Å². The smallest absolute Gasteiger partial charge is 0.302 e. The second-order valence-electron chi connectivity index (χ2n) is 5.00. The zero-order valence-corrected chi connectivity index (χ0v) is 10.1. The summed E-state index contributed by atoms with van der Waals surface area (Å²) < 4.78 is 16.8. The first kappa shape index (κ1) is 11.9. The van der Waals surface area contributed by atoms with Gasteiger partial charge in [-0.1, -0.05) is 13.3 Å². The largest absolute Gasteiger partial charge is 0.465 e. The van der Waals surface area contributed by atoms with Crippen LogP contribution in [0.15, 0.2) is 0 Å². The van der Waals surface area contributed by atoms with Gasteiger partial charge < -0.3 is 14.2 Å². The summed E-state index contributed by atoms with van der Waals surface area (Å²) >= 11 is 0. The van der Waals surface area contributed by atoms with Gasteiger partial charge in [0.25, 0.3) is 0 Å². The number of carbonyl (C=O) groups excluding carboxylic acids is 1. The second kappa shape index (κ2) is 4.34. The molecule has 1 spiro atoms. The van der Waals surface area contributed by atoms with Crippen molar-refractivity contribution in [2.24, 2.45) is 5.41 Å². The average Bonchev–Trinajstić information content (AvgIpc) is 2.71. The normalized spacial score (nSPS) is 32.9. The summed E-state index contributed by atoms with van der Waals surface area (Å²) in [4.78, 5) is 10.9. The van der Waals surface area contributed by atoms with E-state index in [0.29, 0.717) is 19.8 Å². The van der Waals surface area contributed by atoms with E-state index in [-0.39, 0.29) is 11.4 Å². The van der Waals surface area contributed by atoms with Crippen LogP contribution in [0.1, 0.15) is 39.5 Å². The minimum absolute atomic E-state index is 0.201. The van der Waals surface area contributed by atoms with Crippen molar-refractivity contribution in [3.8, 4) is 0 Å². The Bertz CT molecular complexity index is 270. The van der Waals surface area contributed by atoms with E-state index in [2.05, 4.69) is 6.92 Å². The lowest BCUT2D eigenvalue weighted by Crippen LogP contribution is -2.52. The highest BCUT2D eigenvalue weighted by Gasteiger charge is 2.54. The number of esters is 1. The third-order valence-electron chi connectivity index (χ3n) is 3.75. The van der Waals surface area contributed by atoms with Crippen LogP contribution in [0.5, 0.6) is 0 Å². The van der Waals surface area contributed by atoms with Gasteiger partial charge in [0.2, 0.25) is 0 Å². The second-order valence-corrected chi connectivity index (χ2v) is 5.00. The van der Waals surface area contributed by atoms with Gasteiger partial charge in [-0.3, -0.25) is 4.79 Å². The fraction of sp³-hybridized carbons (Fsp3) is 0.917. The lowest BCUT2D eigenvalue weighted by atomic mass is 9.71. The molecule has 0 N–H and O–H groups in total. The monoisotopic (exact) mass is 228 g/mol. The third-order valence-corrected chi connectivity index (χ3v) is 3.75. The minimum Gasteiger partial charge on any atom is -0.465 e. The van der Waals surface area contributed by atoms with Gasteiger partial charge in [-0.05, 0) is 12.8 Å². The van der Waals surface area contributed by atoms with Crippen LogP contribution in [-0.4, -0.2) is 31.6 Å². The van der Waals surface area contributed by atoms with Gasteiger partial charge >= 0.3 is 5.97 Å². The molecule has 92 valence electrons. The standard InChI is InChI=1S/C12H20O4/c1-10(13)14-9-11(2)5-3-4-6-12(11)15-7-8-16-12/h3-9H2,1-2H3.